The molecule has 0 aromatic carbocycles. The minimum absolute atomic E-state index is 0.0966. The highest BCUT2D eigenvalue weighted by atomic mass is 32.1. The van der Waals surface area contributed by atoms with Crippen LogP contribution in [-0.4, -0.2) is 36.3 Å². The third-order valence-corrected chi connectivity index (χ3v) is 5.37. The van der Waals surface area contributed by atoms with E-state index >= 15 is 0 Å². The van der Waals surface area contributed by atoms with E-state index in [0.29, 0.717) is 17.0 Å². The molecule has 0 spiro atoms. The van der Waals surface area contributed by atoms with Gasteiger partial charge in [-0.2, -0.15) is 18.3 Å². The van der Waals surface area contributed by atoms with E-state index in [2.05, 4.69) is 15.1 Å². The molecule has 154 valence electrons. The number of carbonyl (C=O) groups excluding carboxylic acids is 1. The first-order valence-electron chi connectivity index (χ1n) is 8.86. The number of hydrogen-bond donors (Lipinski definition) is 0. The van der Waals surface area contributed by atoms with Gasteiger partial charge >= 0.3 is 11.9 Å². The quantitative estimate of drug-likeness (QED) is 0.517. The van der Waals surface area contributed by atoms with E-state index in [4.69, 9.17) is 0 Å². The number of alkyl halides is 3. The number of carbonyl (C=O) groups is 1. The SMILES string of the molecule is Cc1nc(-n2cnn(CCCC(F)(F)F)c2=O)sc1C(=O)CCc1cccnc1. The first-order chi connectivity index (χ1) is 13.7. The third kappa shape index (κ3) is 5.37. The molecule has 0 radical (unpaired) electrons. The highest BCUT2D eigenvalue weighted by molar-refractivity contribution is 7.16. The van der Waals surface area contributed by atoms with Crippen molar-refractivity contribution < 1.29 is 18.0 Å². The lowest BCUT2D eigenvalue weighted by molar-refractivity contribution is -0.136. The molecule has 29 heavy (non-hydrogen) atoms. The van der Waals surface area contributed by atoms with Crippen LogP contribution < -0.4 is 5.69 Å². The van der Waals surface area contributed by atoms with Gasteiger partial charge in [0.25, 0.3) is 0 Å². The molecule has 0 saturated carbocycles. The Bertz CT molecular complexity index is 1040. The number of hydrogen-bond acceptors (Lipinski definition) is 6. The van der Waals surface area contributed by atoms with E-state index in [9.17, 15) is 22.8 Å². The van der Waals surface area contributed by atoms with Crippen LogP contribution in [0.15, 0.2) is 35.6 Å². The summed E-state index contributed by atoms with van der Waals surface area (Å²) in [6.07, 6.45) is -0.122. The van der Waals surface area contributed by atoms with Crippen molar-refractivity contribution in [3.8, 4) is 5.13 Å². The smallest absolute Gasteiger partial charge is 0.293 e. The number of rotatable bonds is 8. The van der Waals surface area contributed by atoms with Crippen LogP contribution in [0.2, 0.25) is 0 Å². The second kappa shape index (κ2) is 8.68. The Balaban J connectivity index is 1.70. The number of ketones is 1. The number of pyridine rings is 1. The molecule has 0 bridgehead atoms. The van der Waals surface area contributed by atoms with Crippen molar-refractivity contribution in [1.29, 1.82) is 0 Å². The minimum atomic E-state index is -4.27. The molecule has 0 unspecified atom stereocenters. The summed E-state index contributed by atoms with van der Waals surface area (Å²) in [4.78, 5) is 33.7. The monoisotopic (exact) mass is 425 g/mol. The fraction of sp³-hybridized carbons (Fsp3) is 0.389. The van der Waals surface area contributed by atoms with E-state index in [1.54, 1.807) is 25.4 Å². The summed E-state index contributed by atoms with van der Waals surface area (Å²) in [5.74, 6) is -0.0966. The van der Waals surface area contributed by atoms with Gasteiger partial charge in [0.05, 0.1) is 10.6 Å². The number of aryl methyl sites for hydroxylation is 3. The highest BCUT2D eigenvalue weighted by Gasteiger charge is 2.26. The van der Waals surface area contributed by atoms with Gasteiger partial charge in [0.15, 0.2) is 10.9 Å². The normalized spacial score (nSPS) is 11.7. The van der Waals surface area contributed by atoms with Gasteiger partial charge in [-0.15, -0.1) is 0 Å². The van der Waals surface area contributed by atoms with Crippen LogP contribution >= 0.6 is 11.3 Å². The van der Waals surface area contributed by atoms with Crippen LogP contribution in [-0.2, 0) is 13.0 Å². The fourth-order valence-electron chi connectivity index (χ4n) is 2.71. The second-order valence-corrected chi connectivity index (χ2v) is 7.40. The van der Waals surface area contributed by atoms with E-state index in [1.807, 2.05) is 6.07 Å². The second-order valence-electron chi connectivity index (χ2n) is 6.42. The summed E-state index contributed by atoms with van der Waals surface area (Å²) in [6.45, 7) is 1.53. The van der Waals surface area contributed by atoms with Crippen molar-refractivity contribution in [2.75, 3.05) is 0 Å². The van der Waals surface area contributed by atoms with Gasteiger partial charge in [0, 0.05) is 31.8 Å². The lowest BCUT2D eigenvalue weighted by Gasteiger charge is -2.04. The summed E-state index contributed by atoms with van der Waals surface area (Å²) in [5, 5.41) is 4.11. The van der Waals surface area contributed by atoms with E-state index < -0.39 is 18.3 Å². The van der Waals surface area contributed by atoms with Crippen LogP contribution in [0.1, 0.15) is 40.2 Å². The topological polar surface area (TPSA) is 82.7 Å². The van der Waals surface area contributed by atoms with Crippen LogP contribution in [0.4, 0.5) is 13.2 Å². The number of aromatic nitrogens is 5. The zero-order valence-corrected chi connectivity index (χ0v) is 16.3. The molecule has 3 rings (SSSR count). The number of thiazole rings is 1. The molecule has 3 aromatic heterocycles. The zero-order valence-electron chi connectivity index (χ0n) is 15.5. The Morgan fingerprint density at radius 3 is 2.79 bits per heavy atom. The molecule has 0 atom stereocenters. The molecule has 0 fully saturated rings. The zero-order chi connectivity index (χ0) is 21.0. The Kier molecular flexibility index (Phi) is 6.26. The molecule has 3 heterocycles. The van der Waals surface area contributed by atoms with Gasteiger partial charge in [-0.25, -0.2) is 19.0 Å². The van der Waals surface area contributed by atoms with Crippen molar-refractivity contribution in [3.63, 3.8) is 0 Å². The molecule has 7 nitrogen and oxygen atoms in total. The highest BCUT2D eigenvalue weighted by Crippen LogP contribution is 2.23. The summed E-state index contributed by atoms with van der Waals surface area (Å²) in [7, 11) is 0. The van der Waals surface area contributed by atoms with Crippen molar-refractivity contribution in [1.82, 2.24) is 24.3 Å². The molecule has 3 aromatic rings. The van der Waals surface area contributed by atoms with Gasteiger partial charge in [0.1, 0.15) is 6.33 Å². The first kappa shape index (κ1) is 20.9. The molecule has 0 aliphatic heterocycles. The van der Waals surface area contributed by atoms with Crippen LogP contribution in [0.25, 0.3) is 5.13 Å². The van der Waals surface area contributed by atoms with Crippen molar-refractivity contribution in [2.45, 2.75) is 45.3 Å². The van der Waals surface area contributed by atoms with Gasteiger partial charge in [-0.05, 0) is 31.4 Å². The maximum absolute atomic E-state index is 12.5. The van der Waals surface area contributed by atoms with Gasteiger partial charge in [-0.1, -0.05) is 17.4 Å². The van der Waals surface area contributed by atoms with Crippen molar-refractivity contribution in [3.05, 3.63) is 57.5 Å². The van der Waals surface area contributed by atoms with Crippen molar-refractivity contribution >= 4 is 17.1 Å². The van der Waals surface area contributed by atoms with Crippen molar-refractivity contribution in [2.24, 2.45) is 0 Å². The van der Waals surface area contributed by atoms with Crippen LogP contribution in [0, 0.1) is 6.92 Å². The molecular weight excluding hydrogens is 407 g/mol. The predicted octanol–water partition coefficient (Wildman–Crippen LogP) is 3.35. The lowest BCUT2D eigenvalue weighted by Crippen LogP contribution is -2.24. The van der Waals surface area contributed by atoms with Gasteiger partial charge in [0.2, 0.25) is 0 Å². The lowest BCUT2D eigenvalue weighted by atomic mass is 10.1. The molecule has 0 N–H and O–H groups in total. The molecule has 11 heteroatoms. The Labute approximate surface area is 167 Å². The standard InChI is InChI=1S/C18H18F3N5O2S/c1-12-15(14(27)6-5-13-4-2-8-22-10-13)29-16(24-12)25-11-23-26(17(25)28)9-3-7-18(19,20)21/h2,4,8,10-11H,3,5-7,9H2,1H3. The number of halogens is 3. The van der Waals surface area contributed by atoms with Crippen LogP contribution in [0.5, 0.6) is 0 Å². The third-order valence-electron chi connectivity index (χ3n) is 4.17. The number of Topliss-reactive ketones (excluding diaryl/α,β-unsaturated/α-hetero) is 1. The largest absolute Gasteiger partial charge is 0.389 e. The molecule has 0 amide bonds. The molecule has 0 aliphatic carbocycles. The van der Waals surface area contributed by atoms with E-state index in [-0.39, 0.29) is 30.3 Å². The fourth-order valence-corrected chi connectivity index (χ4v) is 3.71. The van der Waals surface area contributed by atoms with E-state index in [0.717, 1.165) is 26.1 Å². The Morgan fingerprint density at radius 2 is 2.10 bits per heavy atom. The molecule has 0 aliphatic rings. The molecule has 0 saturated heterocycles. The summed E-state index contributed by atoms with van der Waals surface area (Å²) in [5.41, 5.74) is 0.854. The minimum Gasteiger partial charge on any atom is -0.293 e. The molecular formula is C18H18F3N5O2S. The summed E-state index contributed by atoms with van der Waals surface area (Å²) >= 11 is 1.06. The summed E-state index contributed by atoms with van der Waals surface area (Å²) in [6, 6.07) is 3.69. The maximum Gasteiger partial charge on any atom is 0.389 e. The first-order valence-corrected chi connectivity index (χ1v) is 9.67. The van der Waals surface area contributed by atoms with Gasteiger partial charge < -0.3 is 0 Å². The average Bonchev–Trinajstić information content (AvgIpc) is 3.22. The van der Waals surface area contributed by atoms with Gasteiger partial charge in [-0.3, -0.25) is 9.78 Å². The summed E-state index contributed by atoms with van der Waals surface area (Å²) < 4.78 is 38.9. The average molecular weight is 425 g/mol. The predicted molar refractivity (Wildman–Crippen MR) is 100 cm³/mol. The van der Waals surface area contributed by atoms with Crippen LogP contribution in [0.3, 0.4) is 0 Å². The Morgan fingerprint density at radius 1 is 1.31 bits per heavy atom. The number of nitrogens with zero attached hydrogens (tertiary/aromatic N) is 5. The maximum atomic E-state index is 12.5. The Hall–Kier alpha value is -2.82. The van der Waals surface area contributed by atoms with E-state index in [1.165, 1.54) is 6.33 Å².